The number of anilines is 1. The standard InChI is InChI=1S/C22H25N7O2/c1-15(13-23)4-3-5-16(2)19-6-9-27-29(19)22(31)17-7-10-28(11-8-17)20-12-18(21(24)30)25-14-26-20/h3-5,9,12,14,17,19H,2,6-8,10-11H2,1H3,(H2,24,30)/b5-3-,15-4+/t19-/m0/s1. The topological polar surface area (TPSA) is 129 Å². The number of hydrazone groups is 1. The summed E-state index contributed by atoms with van der Waals surface area (Å²) in [5.74, 6) is -0.133. The molecular weight excluding hydrogens is 394 g/mol. The van der Waals surface area contributed by atoms with Gasteiger partial charge in [-0.2, -0.15) is 10.4 Å². The van der Waals surface area contributed by atoms with E-state index in [2.05, 4.69) is 27.7 Å². The molecule has 2 aliphatic heterocycles. The van der Waals surface area contributed by atoms with Crippen LogP contribution in [0.3, 0.4) is 0 Å². The highest BCUT2D eigenvalue weighted by Gasteiger charge is 2.34. The van der Waals surface area contributed by atoms with E-state index in [9.17, 15) is 9.59 Å². The van der Waals surface area contributed by atoms with Crippen molar-refractivity contribution in [3.63, 3.8) is 0 Å². The molecule has 0 spiro atoms. The second-order valence-corrected chi connectivity index (χ2v) is 7.51. The molecule has 1 atom stereocenters. The summed E-state index contributed by atoms with van der Waals surface area (Å²) in [5, 5.41) is 14.6. The average molecular weight is 419 g/mol. The second kappa shape index (κ2) is 9.80. The summed E-state index contributed by atoms with van der Waals surface area (Å²) in [7, 11) is 0. The summed E-state index contributed by atoms with van der Waals surface area (Å²) < 4.78 is 0. The third kappa shape index (κ3) is 5.22. The highest BCUT2D eigenvalue weighted by Crippen LogP contribution is 2.27. The van der Waals surface area contributed by atoms with E-state index in [0.717, 1.165) is 5.57 Å². The third-order valence-electron chi connectivity index (χ3n) is 5.39. The van der Waals surface area contributed by atoms with Gasteiger partial charge in [-0.15, -0.1) is 0 Å². The molecule has 0 aromatic carbocycles. The molecule has 31 heavy (non-hydrogen) atoms. The maximum absolute atomic E-state index is 13.1. The minimum Gasteiger partial charge on any atom is -0.364 e. The zero-order chi connectivity index (χ0) is 22.4. The Bertz CT molecular complexity index is 997. The lowest BCUT2D eigenvalue weighted by Gasteiger charge is -2.34. The number of nitrogens with two attached hydrogens (primary N) is 1. The number of primary amides is 1. The van der Waals surface area contributed by atoms with Crippen LogP contribution in [0.4, 0.5) is 5.82 Å². The van der Waals surface area contributed by atoms with Gasteiger partial charge in [0, 0.05) is 43.3 Å². The number of nitriles is 1. The molecule has 1 fully saturated rings. The van der Waals surface area contributed by atoms with E-state index >= 15 is 0 Å². The highest BCUT2D eigenvalue weighted by molar-refractivity contribution is 5.91. The first-order chi connectivity index (χ1) is 14.9. The van der Waals surface area contributed by atoms with Gasteiger partial charge in [-0.3, -0.25) is 9.59 Å². The number of rotatable bonds is 6. The van der Waals surface area contributed by atoms with E-state index in [1.54, 1.807) is 31.4 Å². The van der Waals surface area contributed by atoms with Gasteiger partial charge in [-0.25, -0.2) is 15.0 Å². The number of aromatic nitrogens is 2. The predicted octanol–water partition coefficient (Wildman–Crippen LogP) is 1.96. The van der Waals surface area contributed by atoms with Crippen molar-refractivity contribution in [3.05, 3.63) is 54.0 Å². The average Bonchev–Trinajstić information content (AvgIpc) is 3.28. The number of amides is 2. The van der Waals surface area contributed by atoms with Gasteiger partial charge in [-0.05, 0) is 31.4 Å². The van der Waals surface area contributed by atoms with Gasteiger partial charge in [0.2, 0.25) is 5.91 Å². The van der Waals surface area contributed by atoms with Crippen molar-refractivity contribution in [1.29, 1.82) is 5.26 Å². The minimum absolute atomic E-state index is 0.0165. The van der Waals surface area contributed by atoms with Crippen LogP contribution < -0.4 is 10.6 Å². The first-order valence-corrected chi connectivity index (χ1v) is 10.1. The van der Waals surface area contributed by atoms with E-state index in [4.69, 9.17) is 11.0 Å². The second-order valence-electron chi connectivity index (χ2n) is 7.51. The van der Waals surface area contributed by atoms with Gasteiger partial charge < -0.3 is 10.6 Å². The number of allylic oxidation sites excluding steroid dienone is 3. The summed E-state index contributed by atoms with van der Waals surface area (Å²) in [6.45, 7) is 7.07. The number of carbonyl (C=O) groups excluding carboxylic acids is 2. The van der Waals surface area contributed by atoms with Gasteiger partial charge in [0.25, 0.3) is 5.91 Å². The van der Waals surface area contributed by atoms with Crippen LogP contribution in [0.15, 0.2) is 53.4 Å². The highest BCUT2D eigenvalue weighted by atomic mass is 16.2. The molecule has 0 aliphatic carbocycles. The lowest BCUT2D eigenvalue weighted by atomic mass is 9.94. The number of piperidine rings is 1. The Balaban J connectivity index is 1.60. The molecule has 160 valence electrons. The minimum atomic E-state index is -0.598. The maximum atomic E-state index is 13.1. The van der Waals surface area contributed by atoms with E-state index in [1.807, 2.05) is 11.0 Å². The summed E-state index contributed by atoms with van der Waals surface area (Å²) in [5.41, 5.74) is 6.83. The molecule has 2 aliphatic rings. The van der Waals surface area contributed by atoms with E-state index < -0.39 is 5.91 Å². The number of nitrogens with zero attached hydrogens (tertiary/aromatic N) is 6. The molecule has 0 saturated carbocycles. The predicted molar refractivity (Wildman–Crippen MR) is 117 cm³/mol. The fraction of sp³-hybridized carbons (Fsp3) is 0.364. The Morgan fingerprint density at radius 2 is 2.06 bits per heavy atom. The van der Waals surface area contributed by atoms with Gasteiger partial charge >= 0.3 is 0 Å². The normalized spacial score (nSPS) is 19.6. The molecular formula is C22H25N7O2. The Morgan fingerprint density at radius 3 is 2.74 bits per heavy atom. The summed E-state index contributed by atoms with van der Waals surface area (Å²) in [4.78, 5) is 34.6. The molecule has 2 N–H and O–H groups in total. The Morgan fingerprint density at radius 1 is 1.32 bits per heavy atom. The molecule has 0 unspecified atom stereocenters. The van der Waals surface area contributed by atoms with Crippen molar-refractivity contribution in [3.8, 4) is 6.07 Å². The van der Waals surface area contributed by atoms with Gasteiger partial charge in [0.1, 0.15) is 17.8 Å². The first-order valence-electron chi connectivity index (χ1n) is 10.1. The van der Waals surface area contributed by atoms with Crippen molar-refractivity contribution >= 4 is 23.8 Å². The molecule has 3 heterocycles. The largest absolute Gasteiger partial charge is 0.364 e. The molecule has 9 heteroatoms. The van der Waals surface area contributed by atoms with E-state index in [0.29, 0.717) is 43.7 Å². The zero-order valence-electron chi connectivity index (χ0n) is 17.4. The van der Waals surface area contributed by atoms with E-state index in [1.165, 1.54) is 11.3 Å². The van der Waals surface area contributed by atoms with Gasteiger partial charge in [0.15, 0.2) is 0 Å². The van der Waals surface area contributed by atoms with Crippen LogP contribution in [0.2, 0.25) is 0 Å². The van der Waals surface area contributed by atoms with Crippen LogP contribution in [0.1, 0.15) is 36.7 Å². The van der Waals surface area contributed by atoms with Gasteiger partial charge in [-0.1, -0.05) is 18.7 Å². The fourth-order valence-electron chi connectivity index (χ4n) is 3.60. The number of carbonyl (C=O) groups is 2. The number of hydrogen-bond donors (Lipinski definition) is 1. The quantitative estimate of drug-likeness (QED) is 0.554. The number of hydrogen-bond acceptors (Lipinski definition) is 7. The molecule has 9 nitrogen and oxygen atoms in total. The summed E-state index contributed by atoms with van der Waals surface area (Å²) in [6.07, 6.45) is 10.3. The van der Waals surface area contributed by atoms with Gasteiger partial charge in [0.05, 0.1) is 12.1 Å². The molecule has 0 radical (unpaired) electrons. The summed E-state index contributed by atoms with van der Waals surface area (Å²) >= 11 is 0. The van der Waals surface area contributed by atoms with Crippen molar-refractivity contribution < 1.29 is 9.59 Å². The molecule has 2 amide bonds. The van der Waals surface area contributed by atoms with Crippen LogP contribution in [0.25, 0.3) is 0 Å². The van der Waals surface area contributed by atoms with Crippen LogP contribution in [-0.2, 0) is 4.79 Å². The fourth-order valence-corrected chi connectivity index (χ4v) is 3.60. The molecule has 1 aromatic rings. The van der Waals surface area contributed by atoms with Crippen LogP contribution in [0, 0.1) is 17.2 Å². The lowest BCUT2D eigenvalue weighted by molar-refractivity contribution is -0.137. The lowest BCUT2D eigenvalue weighted by Crippen LogP contribution is -2.43. The molecule has 1 aromatic heterocycles. The first kappa shape index (κ1) is 21.9. The molecule has 1 saturated heterocycles. The zero-order valence-corrected chi connectivity index (χ0v) is 17.4. The van der Waals surface area contributed by atoms with Crippen LogP contribution in [-0.4, -0.2) is 52.1 Å². The Kier molecular flexibility index (Phi) is 6.92. The summed E-state index contributed by atoms with van der Waals surface area (Å²) in [6, 6.07) is 3.42. The molecule has 0 bridgehead atoms. The molecule has 3 rings (SSSR count). The SMILES string of the molecule is C=C(/C=C\C=C(/C)C#N)[C@@H]1CC=NN1C(=O)C1CCN(c2cc(C(N)=O)ncn2)CC1. The van der Waals surface area contributed by atoms with E-state index in [-0.39, 0.29) is 23.6 Å². The maximum Gasteiger partial charge on any atom is 0.267 e. The Labute approximate surface area is 181 Å². The van der Waals surface area contributed by atoms with Crippen molar-refractivity contribution in [2.75, 3.05) is 18.0 Å². The smallest absolute Gasteiger partial charge is 0.267 e. The van der Waals surface area contributed by atoms with Crippen LogP contribution >= 0.6 is 0 Å². The van der Waals surface area contributed by atoms with Crippen LogP contribution in [0.5, 0.6) is 0 Å². The van der Waals surface area contributed by atoms with Crippen molar-refractivity contribution in [2.45, 2.75) is 32.2 Å². The monoisotopic (exact) mass is 419 g/mol. The van der Waals surface area contributed by atoms with Crippen molar-refractivity contribution in [1.82, 2.24) is 15.0 Å². The Hall–Kier alpha value is -3.80. The third-order valence-corrected chi connectivity index (χ3v) is 5.39. The van der Waals surface area contributed by atoms with Crippen molar-refractivity contribution in [2.24, 2.45) is 16.8 Å².